The lowest BCUT2D eigenvalue weighted by molar-refractivity contribution is -0.0495. The molecule has 5 rings (SSSR count). The van der Waals surface area contributed by atoms with Gasteiger partial charge in [-0.3, -0.25) is 4.90 Å². The van der Waals surface area contributed by atoms with Gasteiger partial charge in [0.2, 0.25) is 5.95 Å². The second kappa shape index (κ2) is 14.9. The number of aromatic nitrogens is 2. The first kappa shape index (κ1) is 33.2. The molecule has 0 radical (unpaired) electrons. The molecule has 0 bridgehead atoms. The number of hydrogen-bond donors (Lipinski definition) is 1. The smallest absolute Gasteiger partial charge is 0.421 e. The van der Waals surface area contributed by atoms with E-state index in [9.17, 15) is 13.6 Å². The van der Waals surface area contributed by atoms with Gasteiger partial charge in [-0.05, 0) is 68.4 Å². The summed E-state index contributed by atoms with van der Waals surface area (Å²) in [7, 11) is 5.11. The summed E-state index contributed by atoms with van der Waals surface area (Å²) >= 11 is 0. The minimum atomic E-state index is -3.00. The van der Waals surface area contributed by atoms with Crippen LogP contribution in [0.1, 0.15) is 16.7 Å². The highest BCUT2D eigenvalue weighted by atomic mass is 19.3. The third-order valence-electron chi connectivity index (χ3n) is 7.83. The minimum Gasteiger partial charge on any atom is -0.497 e. The molecular formula is C34H38F2N6O5. The Morgan fingerprint density at radius 3 is 2.38 bits per heavy atom. The molecular weight excluding hydrogens is 610 g/mol. The van der Waals surface area contributed by atoms with E-state index in [-0.39, 0.29) is 24.1 Å². The van der Waals surface area contributed by atoms with Gasteiger partial charge in [0, 0.05) is 49.7 Å². The van der Waals surface area contributed by atoms with E-state index < -0.39 is 12.7 Å². The van der Waals surface area contributed by atoms with Crippen molar-refractivity contribution in [3.63, 3.8) is 0 Å². The number of likely N-dealkylation sites (N-methyl/N-ethyl adjacent to an activating group) is 1. The van der Waals surface area contributed by atoms with Gasteiger partial charge in [0.15, 0.2) is 5.75 Å². The maximum atomic E-state index is 13.9. The number of methoxy groups -OCH3 is 2. The predicted octanol–water partition coefficient (Wildman–Crippen LogP) is 6.41. The van der Waals surface area contributed by atoms with E-state index in [1.54, 1.807) is 50.6 Å². The Balaban J connectivity index is 1.47. The summed E-state index contributed by atoms with van der Waals surface area (Å²) in [5.74, 6) is 1.95. The molecule has 0 aliphatic carbocycles. The number of amides is 1. The highest BCUT2D eigenvalue weighted by molar-refractivity contribution is 5.88. The van der Waals surface area contributed by atoms with Gasteiger partial charge in [0.25, 0.3) is 0 Å². The molecule has 1 amide bonds. The minimum absolute atomic E-state index is 0.0205. The summed E-state index contributed by atoms with van der Waals surface area (Å²) < 4.78 is 48.7. The third kappa shape index (κ3) is 8.17. The van der Waals surface area contributed by atoms with Crippen molar-refractivity contribution >= 4 is 29.2 Å². The SMILES string of the molecule is COc1ccc(OC)c(CN(C(=O)Oc2c(C)cccc2C)c2ccnc(Nc3ccc(N4CCN(C)CC4)c(OC(F)F)c3)n2)c1. The van der Waals surface area contributed by atoms with Crippen LogP contribution < -0.4 is 34.1 Å². The Kier molecular flexibility index (Phi) is 10.6. The first-order chi connectivity index (χ1) is 22.6. The second-order valence-corrected chi connectivity index (χ2v) is 11.1. The molecule has 1 saturated heterocycles. The first-order valence-electron chi connectivity index (χ1n) is 15.0. The quantitative estimate of drug-likeness (QED) is 0.196. The summed E-state index contributed by atoms with van der Waals surface area (Å²) in [5, 5.41) is 3.06. The highest BCUT2D eigenvalue weighted by Crippen LogP contribution is 2.35. The molecule has 0 spiro atoms. The zero-order chi connectivity index (χ0) is 33.5. The molecule has 11 nitrogen and oxygen atoms in total. The number of ether oxygens (including phenoxy) is 4. The van der Waals surface area contributed by atoms with Gasteiger partial charge in [-0.25, -0.2) is 9.78 Å². The van der Waals surface area contributed by atoms with Crippen LogP contribution in [0.15, 0.2) is 66.9 Å². The fourth-order valence-electron chi connectivity index (χ4n) is 5.30. The largest absolute Gasteiger partial charge is 0.497 e. The van der Waals surface area contributed by atoms with Crippen LogP contribution in [-0.2, 0) is 6.54 Å². The van der Waals surface area contributed by atoms with E-state index in [1.807, 2.05) is 44.0 Å². The molecule has 4 aromatic rings. The zero-order valence-electron chi connectivity index (χ0n) is 27.0. The van der Waals surface area contributed by atoms with Crippen molar-refractivity contribution in [3.05, 3.63) is 83.6 Å². The number of piperazine rings is 1. The van der Waals surface area contributed by atoms with E-state index >= 15 is 0 Å². The number of halogens is 2. The molecule has 1 aliphatic rings. The number of hydrogen-bond acceptors (Lipinski definition) is 10. The number of alkyl halides is 2. The van der Waals surface area contributed by atoms with Crippen molar-refractivity contribution in [2.45, 2.75) is 27.0 Å². The molecule has 1 aromatic heterocycles. The number of anilines is 4. The summed E-state index contributed by atoms with van der Waals surface area (Å²) in [4.78, 5) is 28.3. The molecule has 1 N–H and O–H groups in total. The number of benzene rings is 3. The standard InChI is InChI=1S/C34H38F2N6O5/c1-22-7-6-8-23(2)31(22)47-34(43)42(21-24-19-26(44-4)10-12-28(24)45-5)30-13-14-37-33(39-30)38-25-9-11-27(29(20-25)46-32(35)36)41-17-15-40(3)16-18-41/h6-14,19-20,32H,15-18,21H2,1-5H3,(H,37,38,39). The van der Waals surface area contributed by atoms with E-state index in [1.165, 1.54) is 17.2 Å². The Bertz CT molecular complexity index is 1680. The fraction of sp³-hybridized carbons (Fsp3) is 0.324. The van der Waals surface area contributed by atoms with Crippen LogP contribution >= 0.6 is 0 Å². The lowest BCUT2D eigenvalue weighted by Crippen LogP contribution is -2.44. The molecule has 3 aromatic carbocycles. The lowest BCUT2D eigenvalue weighted by atomic mass is 10.1. The molecule has 0 atom stereocenters. The van der Waals surface area contributed by atoms with E-state index in [4.69, 9.17) is 18.9 Å². The third-order valence-corrected chi connectivity index (χ3v) is 7.83. The lowest BCUT2D eigenvalue weighted by Gasteiger charge is -2.35. The normalized spacial score (nSPS) is 13.3. The molecule has 0 saturated carbocycles. The van der Waals surface area contributed by atoms with Crippen molar-refractivity contribution in [1.29, 1.82) is 0 Å². The van der Waals surface area contributed by atoms with E-state index in [2.05, 4.69) is 20.2 Å². The molecule has 1 aliphatic heterocycles. The predicted molar refractivity (Wildman–Crippen MR) is 176 cm³/mol. The van der Waals surface area contributed by atoms with Gasteiger partial charge < -0.3 is 34.1 Å². The van der Waals surface area contributed by atoms with Crippen molar-refractivity contribution in [2.75, 3.05) is 62.6 Å². The summed E-state index contributed by atoms with van der Waals surface area (Å²) in [5.41, 5.74) is 3.24. The Hall–Kier alpha value is -5.17. The number of rotatable bonds is 11. The molecule has 47 heavy (non-hydrogen) atoms. The maximum Gasteiger partial charge on any atom is 0.421 e. The number of aryl methyl sites for hydroxylation is 2. The average molecular weight is 649 g/mol. The summed E-state index contributed by atoms with van der Waals surface area (Å²) in [6, 6.07) is 17.4. The van der Waals surface area contributed by atoms with Crippen LogP contribution in [0.25, 0.3) is 0 Å². The van der Waals surface area contributed by atoms with Gasteiger partial charge in [-0.2, -0.15) is 13.8 Å². The van der Waals surface area contributed by atoms with Crippen LogP contribution in [0.5, 0.6) is 23.0 Å². The zero-order valence-corrected chi connectivity index (χ0v) is 27.0. The van der Waals surface area contributed by atoms with E-state index in [0.29, 0.717) is 47.3 Å². The monoisotopic (exact) mass is 648 g/mol. The Labute approximate surface area is 272 Å². The van der Waals surface area contributed by atoms with Crippen LogP contribution in [0, 0.1) is 13.8 Å². The van der Waals surface area contributed by atoms with Crippen molar-refractivity contribution in [2.24, 2.45) is 0 Å². The topological polar surface area (TPSA) is 102 Å². The van der Waals surface area contributed by atoms with Gasteiger partial charge in [-0.1, -0.05) is 18.2 Å². The highest BCUT2D eigenvalue weighted by Gasteiger charge is 2.25. The van der Waals surface area contributed by atoms with Crippen LogP contribution in [0.2, 0.25) is 0 Å². The van der Waals surface area contributed by atoms with Crippen molar-refractivity contribution < 1.29 is 32.5 Å². The second-order valence-electron chi connectivity index (χ2n) is 11.1. The molecule has 2 heterocycles. The van der Waals surface area contributed by atoms with Gasteiger partial charge in [0.05, 0.1) is 26.5 Å². The molecule has 13 heteroatoms. The average Bonchev–Trinajstić information content (AvgIpc) is 3.05. The summed E-state index contributed by atoms with van der Waals surface area (Å²) in [6.45, 7) is 3.71. The van der Waals surface area contributed by atoms with Gasteiger partial charge in [0.1, 0.15) is 23.1 Å². The molecule has 1 fully saturated rings. The number of nitrogens with zero attached hydrogens (tertiary/aromatic N) is 5. The van der Waals surface area contributed by atoms with Crippen molar-refractivity contribution in [1.82, 2.24) is 14.9 Å². The van der Waals surface area contributed by atoms with Crippen LogP contribution in [-0.4, -0.2) is 75.0 Å². The number of nitrogens with one attached hydrogen (secondary N) is 1. The van der Waals surface area contributed by atoms with Gasteiger partial charge >= 0.3 is 12.7 Å². The fourth-order valence-corrected chi connectivity index (χ4v) is 5.30. The van der Waals surface area contributed by atoms with E-state index in [0.717, 1.165) is 24.2 Å². The first-order valence-corrected chi connectivity index (χ1v) is 15.0. The number of carbonyl (C=O) groups excluding carboxylic acids is 1. The summed E-state index contributed by atoms with van der Waals surface area (Å²) in [6.07, 6.45) is 0.808. The van der Waals surface area contributed by atoms with Crippen LogP contribution in [0.3, 0.4) is 0 Å². The van der Waals surface area contributed by atoms with Crippen LogP contribution in [0.4, 0.5) is 36.7 Å². The van der Waals surface area contributed by atoms with Gasteiger partial charge in [-0.15, -0.1) is 0 Å². The Morgan fingerprint density at radius 1 is 0.957 bits per heavy atom. The molecule has 248 valence electrons. The van der Waals surface area contributed by atoms with Crippen molar-refractivity contribution in [3.8, 4) is 23.0 Å². The number of para-hydroxylation sites is 1. The molecule has 0 unspecified atom stereocenters. The Morgan fingerprint density at radius 2 is 1.70 bits per heavy atom. The number of carbonyl (C=O) groups is 1. The maximum absolute atomic E-state index is 13.9.